The van der Waals surface area contributed by atoms with Gasteiger partial charge in [0.1, 0.15) is 0 Å². The van der Waals surface area contributed by atoms with Gasteiger partial charge in [-0.05, 0) is 0 Å². The lowest BCUT2D eigenvalue weighted by Gasteiger charge is -2.28. The van der Waals surface area contributed by atoms with E-state index >= 15 is 0 Å². The van der Waals surface area contributed by atoms with Gasteiger partial charge in [0.25, 0.3) is 0 Å². The second kappa shape index (κ2) is 5.85. The van der Waals surface area contributed by atoms with Crippen molar-refractivity contribution in [2.24, 2.45) is 0 Å². The lowest BCUT2D eigenvalue weighted by Crippen LogP contribution is -2.37. The van der Waals surface area contributed by atoms with Gasteiger partial charge in [-0.1, -0.05) is 0 Å². The van der Waals surface area contributed by atoms with Crippen LogP contribution in [0.3, 0.4) is 0 Å². The monoisotopic (exact) mass is 331 g/mol. The zero-order valence-electron chi connectivity index (χ0n) is 11.6. The van der Waals surface area contributed by atoms with E-state index in [9.17, 15) is 28.6 Å². The molecule has 0 atom stereocenters. The van der Waals surface area contributed by atoms with Gasteiger partial charge in [-0.25, -0.2) is 8.42 Å². The quantitative estimate of drug-likeness (QED) is 0.582. The summed E-state index contributed by atoms with van der Waals surface area (Å²) in [5, 5.41) is 22.5. The average molecular weight is 331 g/mol. The number of benzene rings is 1. The number of morpholine rings is 1. The lowest BCUT2D eigenvalue weighted by atomic mass is 10.2. The summed E-state index contributed by atoms with van der Waals surface area (Å²) in [6.07, 6.45) is 0.837. The number of sulfone groups is 1. The van der Waals surface area contributed by atoms with Gasteiger partial charge in [0.05, 0.1) is 28.0 Å². The number of ether oxygens (including phenoxy) is 1. The lowest BCUT2D eigenvalue weighted by molar-refractivity contribution is -0.393. The van der Waals surface area contributed by atoms with Gasteiger partial charge >= 0.3 is 11.4 Å². The molecule has 0 saturated carbocycles. The Hall–Kier alpha value is -2.27. The molecule has 1 aromatic carbocycles. The van der Waals surface area contributed by atoms with E-state index in [1.807, 2.05) is 0 Å². The second-order valence-corrected chi connectivity index (χ2v) is 6.71. The molecular formula is C11H13N3O7S. The van der Waals surface area contributed by atoms with Crippen LogP contribution in [0.4, 0.5) is 17.1 Å². The van der Waals surface area contributed by atoms with Crippen molar-refractivity contribution in [2.75, 3.05) is 37.5 Å². The largest absolute Gasteiger partial charge is 0.378 e. The van der Waals surface area contributed by atoms with Gasteiger partial charge in [-0.15, -0.1) is 0 Å². The van der Waals surface area contributed by atoms with Gasteiger partial charge in [-0.2, -0.15) is 0 Å². The Morgan fingerprint density at radius 1 is 1.09 bits per heavy atom. The normalized spacial score (nSPS) is 15.6. The third-order valence-electron chi connectivity index (χ3n) is 3.19. The summed E-state index contributed by atoms with van der Waals surface area (Å²) in [7, 11) is -3.81. The fourth-order valence-electron chi connectivity index (χ4n) is 2.18. The van der Waals surface area contributed by atoms with E-state index in [0.29, 0.717) is 0 Å². The van der Waals surface area contributed by atoms with E-state index in [1.165, 1.54) is 4.90 Å². The van der Waals surface area contributed by atoms with Gasteiger partial charge in [0, 0.05) is 31.5 Å². The minimum absolute atomic E-state index is 0.189. The number of anilines is 1. The molecule has 22 heavy (non-hydrogen) atoms. The highest BCUT2D eigenvalue weighted by Gasteiger charge is 2.33. The van der Waals surface area contributed by atoms with Crippen LogP contribution in [0.15, 0.2) is 17.0 Å². The molecule has 1 aromatic rings. The predicted molar refractivity (Wildman–Crippen MR) is 75.9 cm³/mol. The van der Waals surface area contributed by atoms with Crippen LogP contribution < -0.4 is 4.90 Å². The van der Waals surface area contributed by atoms with Crippen molar-refractivity contribution in [1.82, 2.24) is 0 Å². The Kier molecular flexibility index (Phi) is 4.28. The van der Waals surface area contributed by atoms with Gasteiger partial charge in [0.15, 0.2) is 15.5 Å². The minimum Gasteiger partial charge on any atom is -0.378 e. The SMILES string of the molecule is CS(=O)(=O)c1cc([N+](=O)[O-])c(N2CCOCC2)c([N+](=O)[O-])c1. The highest BCUT2D eigenvalue weighted by atomic mass is 32.2. The molecule has 2 rings (SSSR count). The van der Waals surface area contributed by atoms with Crippen molar-refractivity contribution in [1.29, 1.82) is 0 Å². The summed E-state index contributed by atoms with van der Waals surface area (Å²) in [6, 6.07) is 1.71. The van der Waals surface area contributed by atoms with Crippen LogP contribution in [0.1, 0.15) is 0 Å². The smallest absolute Gasteiger partial charge is 0.300 e. The maximum atomic E-state index is 11.6. The number of nitrogens with zero attached hydrogens (tertiary/aromatic N) is 3. The van der Waals surface area contributed by atoms with Gasteiger partial charge in [0.2, 0.25) is 0 Å². The van der Waals surface area contributed by atoms with Crippen LogP contribution in [-0.4, -0.2) is 50.8 Å². The van der Waals surface area contributed by atoms with E-state index in [1.54, 1.807) is 0 Å². The highest BCUT2D eigenvalue weighted by molar-refractivity contribution is 7.90. The topological polar surface area (TPSA) is 133 Å². The van der Waals surface area contributed by atoms with Crippen molar-refractivity contribution in [3.63, 3.8) is 0 Å². The standard InChI is InChI=1S/C11H13N3O7S/c1-22(19,20)8-6-9(13(15)16)11(10(7-8)14(17)18)12-2-4-21-5-3-12/h6-7H,2-5H2,1H3. The molecule has 0 unspecified atom stereocenters. The molecule has 0 amide bonds. The van der Waals surface area contributed by atoms with E-state index in [0.717, 1.165) is 18.4 Å². The van der Waals surface area contributed by atoms with Crippen LogP contribution in [0.2, 0.25) is 0 Å². The maximum Gasteiger partial charge on any atom is 0.300 e. The summed E-state index contributed by atoms with van der Waals surface area (Å²) < 4.78 is 28.3. The van der Waals surface area contributed by atoms with Crippen LogP contribution in [0.5, 0.6) is 0 Å². The molecule has 0 radical (unpaired) electrons. The zero-order chi connectivity index (χ0) is 16.5. The molecule has 1 aliphatic rings. The fraction of sp³-hybridized carbons (Fsp3) is 0.455. The molecule has 120 valence electrons. The molecular weight excluding hydrogens is 318 g/mol. The molecule has 0 spiro atoms. The summed E-state index contributed by atoms with van der Waals surface area (Å²) in [4.78, 5) is 21.9. The van der Waals surface area contributed by atoms with Crippen molar-refractivity contribution in [2.45, 2.75) is 4.90 Å². The van der Waals surface area contributed by atoms with Crippen molar-refractivity contribution in [3.05, 3.63) is 32.4 Å². The molecule has 0 aromatic heterocycles. The Morgan fingerprint density at radius 3 is 1.91 bits per heavy atom. The summed E-state index contributed by atoms with van der Waals surface area (Å²) in [6.45, 7) is 1.06. The van der Waals surface area contributed by atoms with Crippen LogP contribution in [-0.2, 0) is 14.6 Å². The third kappa shape index (κ3) is 3.14. The van der Waals surface area contributed by atoms with Crippen LogP contribution in [0.25, 0.3) is 0 Å². The molecule has 0 N–H and O–H groups in total. The van der Waals surface area contributed by atoms with E-state index < -0.39 is 36.0 Å². The first-order valence-electron chi connectivity index (χ1n) is 6.21. The molecule has 1 aliphatic heterocycles. The molecule has 0 bridgehead atoms. The number of nitro groups is 2. The Labute approximate surface area is 125 Å². The predicted octanol–water partition coefficient (Wildman–Crippen LogP) is 0.743. The highest BCUT2D eigenvalue weighted by Crippen LogP contribution is 2.40. The first-order chi connectivity index (χ1) is 10.2. The maximum absolute atomic E-state index is 11.6. The fourth-order valence-corrected chi connectivity index (χ4v) is 2.83. The molecule has 10 nitrogen and oxygen atoms in total. The van der Waals surface area contributed by atoms with Gasteiger partial charge < -0.3 is 9.64 Å². The summed E-state index contributed by atoms with van der Waals surface area (Å²) in [5.41, 5.74) is -1.39. The third-order valence-corrected chi connectivity index (χ3v) is 4.28. The van der Waals surface area contributed by atoms with Crippen molar-refractivity contribution >= 4 is 26.9 Å². The van der Waals surface area contributed by atoms with E-state index in [4.69, 9.17) is 4.74 Å². The van der Waals surface area contributed by atoms with Gasteiger partial charge in [-0.3, -0.25) is 20.2 Å². The van der Waals surface area contributed by atoms with Crippen molar-refractivity contribution in [3.8, 4) is 0 Å². The number of hydrogen-bond acceptors (Lipinski definition) is 8. The van der Waals surface area contributed by atoms with E-state index in [2.05, 4.69) is 0 Å². The minimum atomic E-state index is -3.81. The molecule has 1 saturated heterocycles. The number of rotatable bonds is 4. The second-order valence-electron chi connectivity index (χ2n) is 4.70. The zero-order valence-corrected chi connectivity index (χ0v) is 12.4. The van der Waals surface area contributed by atoms with Crippen LogP contribution >= 0.6 is 0 Å². The van der Waals surface area contributed by atoms with E-state index in [-0.39, 0.29) is 32.0 Å². The molecule has 0 aliphatic carbocycles. The number of nitro benzene ring substituents is 2. The first kappa shape index (κ1) is 16.1. The Balaban J connectivity index is 2.73. The summed E-state index contributed by atoms with van der Waals surface area (Å²) in [5.74, 6) is 0. The number of hydrogen-bond donors (Lipinski definition) is 0. The van der Waals surface area contributed by atoms with Crippen LogP contribution in [0, 0.1) is 20.2 Å². The molecule has 1 fully saturated rings. The Bertz CT molecular complexity index is 690. The molecule has 1 heterocycles. The average Bonchev–Trinajstić information content (AvgIpc) is 2.45. The Morgan fingerprint density at radius 2 is 1.55 bits per heavy atom. The summed E-state index contributed by atoms with van der Waals surface area (Å²) >= 11 is 0. The first-order valence-corrected chi connectivity index (χ1v) is 8.10. The van der Waals surface area contributed by atoms with Crippen molar-refractivity contribution < 1.29 is 23.0 Å². The molecule has 11 heteroatoms.